The molecule has 2 aromatic carbocycles. The van der Waals surface area contributed by atoms with Crippen LogP contribution in [0.2, 0.25) is 5.02 Å². The number of hydrogen-bond acceptors (Lipinski definition) is 5. The van der Waals surface area contributed by atoms with Gasteiger partial charge in [-0.25, -0.2) is 4.98 Å². The van der Waals surface area contributed by atoms with Crippen LogP contribution in [0.4, 0.5) is 5.13 Å². The van der Waals surface area contributed by atoms with E-state index in [4.69, 9.17) is 16.6 Å². The number of halogens is 1. The molecule has 2 amide bonds. The Kier molecular flexibility index (Phi) is 6.50. The monoisotopic (exact) mass is 442 g/mol. The summed E-state index contributed by atoms with van der Waals surface area (Å²) in [5.74, 6) is -0.835. The minimum atomic E-state index is -0.614. The van der Waals surface area contributed by atoms with Crippen LogP contribution in [0.15, 0.2) is 48.5 Å². The van der Waals surface area contributed by atoms with Crippen molar-refractivity contribution >= 4 is 50.1 Å². The van der Waals surface area contributed by atoms with Crippen molar-refractivity contribution in [2.75, 3.05) is 24.5 Å². The molecule has 4 rings (SSSR count). The van der Waals surface area contributed by atoms with Gasteiger partial charge in [0.15, 0.2) is 5.13 Å². The zero-order chi connectivity index (χ0) is 20.9. The molecule has 0 saturated carbocycles. The number of amides is 2. The van der Waals surface area contributed by atoms with Gasteiger partial charge in [-0.3, -0.25) is 9.59 Å². The zero-order valence-electron chi connectivity index (χ0n) is 16.4. The summed E-state index contributed by atoms with van der Waals surface area (Å²) in [6, 6.07) is 15.3. The highest BCUT2D eigenvalue weighted by Gasteiger charge is 2.23. The Morgan fingerprint density at radius 3 is 2.47 bits per heavy atom. The van der Waals surface area contributed by atoms with Crippen LogP contribution in [-0.4, -0.2) is 36.4 Å². The van der Waals surface area contributed by atoms with Gasteiger partial charge in [0.2, 0.25) is 0 Å². The predicted molar refractivity (Wildman–Crippen MR) is 121 cm³/mol. The van der Waals surface area contributed by atoms with Gasteiger partial charge < -0.3 is 15.5 Å². The van der Waals surface area contributed by atoms with E-state index >= 15 is 0 Å². The number of anilines is 1. The average Bonchev–Trinajstić information content (AvgIpc) is 3.21. The van der Waals surface area contributed by atoms with Crippen LogP contribution in [-0.2, 0) is 16.1 Å². The molecule has 3 aromatic rings. The molecule has 1 fully saturated rings. The number of benzene rings is 2. The van der Waals surface area contributed by atoms with E-state index < -0.39 is 11.8 Å². The van der Waals surface area contributed by atoms with Crippen LogP contribution in [0.3, 0.4) is 0 Å². The van der Waals surface area contributed by atoms with Crippen LogP contribution in [0.25, 0.3) is 10.2 Å². The molecule has 0 aliphatic carbocycles. The molecule has 1 aliphatic heterocycles. The third-order valence-corrected chi connectivity index (χ3v) is 6.64. The molecule has 1 saturated heterocycles. The van der Waals surface area contributed by atoms with E-state index in [-0.39, 0.29) is 0 Å². The van der Waals surface area contributed by atoms with Crippen molar-refractivity contribution in [3.8, 4) is 0 Å². The van der Waals surface area contributed by atoms with E-state index in [1.54, 1.807) is 23.5 Å². The minimum Gasteiger partial charge on any atom is -0.348 e. The molecule has 0 spiro atoms. The number of piperidine rings is 1. The number of nitrogens with one attached hydrogen (secondary N) is 2. The van der Waals surface area contributed by atoms with Gasteiger partial charge in [-0.1, -0.05) is 47.2 Å². The molecule has 0 radical (unpaired) electrons. The highest BCUT2D eigenvalue weighted by atomic mass is 35.5. The molecule has 0 bridgehead atoms. The number of thiazole rings is 1. The van der Waals surface area contributed by atoms with Crippen molar-refractivity contribution < 1.29 is 9.59 Å². The van der Waals surface area contributed by atoms with Crippen LogP contribution in [0.1, 0.15) is 18.4 Å². The van der Waals surface area contributed by atoms with Crippen molar-refractivity contribution in [2.45, 2.75) is 19.4 Å². The summed E-state index contributed by atoms with van der Waals surface area (Å²) in [6.45, 7) is 2.62. The second-order valence-corrected chi connectivity index (χ2v) is 8.86. The SMILES string of the molecule is O=C(NCc1ccc(Cl)cc1)C(=O)NCC1CCN(c2nc3ccccc3s2)CC1. The lowest BCUT2D eigenvalue weighted by Crippen LogP contribution is -2.43. The Labute approximate surface area is 184 Å². The van der Waals surface area contributed by atoms with Gasteiger partial charge in [0, 0.05) is 31.2 Å². The number of rotatable bonds is 5. The van der Waals surface area contributed by atoms with Crippen molar-refractivity contribution in [3.63, 3.8) is 0 Å². The normalized spacial score (nSPS) is 14.6. The van der Waals surface area contributed by atoms with E-state index in [1.807, 2.05) is 30.3 Å². The van der Waals surface area contributed by atoms with E-state index in [1.165, 1.54) is 4.70 Å². The largest absolute Gasteiger partial charge is 0.348 e. The number of aromatic nitrogens is 1. The maximum absolute atomic E-state index is 12.1. The highest BCUT2D eigenvalue weighted by molar-refractivity contribution is 7.22. The van der Waals surface area contributed by atoms with Gasteiger partial charge in [-0.2, -0.15) is 0 Å². The topological polar surface area (TPSA) is 74.3 Å². The van der Waals surface area contributed by atoms with Crippen LogP contribution in [0, 0.1) is 5.92 Å². The molecule has 1 aromatic heterocycles. The summed E-state index contributed by atoms with van der Waals surface area (Å²) < 4.78 is 1.20. The Balaban J connectivity index is 1.19. The first kappa shape index (κ1) is 20.6. The summed E-state index contributed by atoms with van der Waals surface area (Å²) in [6.07, 6.45) is 1.92. The number of fused-ring (bicyclic) bond motifs is 1. The fraction of sp³-hybridized carbons (Fsp3) is 0.318. The first-order valence-electron chi connectivity index (χ1n) is 9.99. The van der Waals surface area contributed by atoms with Gasteiger partial charge in [0.25, 0.3) is 0 Å². The van der Waals surface area contributed by atoms with Gasteiger partial charge in [0.1, 0.15) is 0 Å². The zero-order valence-corrected chi connectivity index (χ0v) is 18.0. The number of carbonyl (C=O) groups excluding carboxylic acids is 2. The first-order chi connectivity index (χ1) is 14.6. The van der Waals surface area contributed by atoms with Crippen molar-refractivity contribution in [3.05, 3.63) is 59.1 Å². The maximum Gasteiger partial charge on any atom is 0.309 e. The third kappa shape index (κ3) is 5.09. The van der Waals surface area contributed by atoms with Crippen LogP contribution < -0.4 is 15.5 Å². The quantitative estimate of drug-likeness (QED) is 0.592. The summed E-state index contributed by atoms with van der Waals surface area (Å²) in [4.78, 5) is 31.1. The molecule has 0 unspecified atom stereocenters. The van der Waals surface area contributed by atoms with Gasteiger partial charge in [0.05, 0.1) is 10.2 Å². The molecule has 1 aliphatic rings. The minimum absolute atomic E-state index is 0.296. The Hall–Kier alpha value is -2.64. The average molecular weight is 443 g/mol. The predicted octanol–water partition coefficient (Wildman–Crippen LogP) is 3.60. The molecule has 156 valence electrons. The standard InChI is InChI=1S/C22H23ClN4O2S/c23-17-7-5-15(6-8-17)13-24-20(28)21(29)25-14-16-9-11-27(12-10-16)22-26-18-3-1-2-4-19(18)30-22/h1-8,16H,9-14H2,(H,24,28)(H,25,29). The van der Waals surface area contributed by atoms with E-state index in [0.29, 0.717) is 24.0 Å². The number of hydrogen-bond donors (Lipinski definition) is 2. The Morgan fingerprint density at radius 2 is 1.73 bits per heavy atom. The smallest absolute Gasteiger partial charge is 0.309 e. The van der Waals surface area contributed by atoms with E-state index in [0.717, 1.165) is 42.1 Å². The highest BCUT2D eigenvalue weighted by Crippen LogP contribution is 2.31. The second kappa shape index (κ2) is 9.45. The molecule has 2 heterocycles. The molecule has 0 atom stereocenters. The maximum atomic E-state index is 12.1. The second-order valence-electron chi connectivity index (χ2n) is 7.41. The third-order valence-electron chi connectivity index (χ3n) is 5.29. The van der Waals surface area contributed by atoms with E-state index in [2.05, 4.69) is 21.6 Å². The number of para-hydroxylation sites is 1. The Bertz CT molecular complexity index is 996. The number of carbonyl (C=O) groups is 2. The van der Waals surface area contributed by atoms with Gasteiger partial charge >= 0.3 is 11.8 Å². The summed E-state index contributed by atoms with van der Waals surface area (Å²) in [5, 5.41) is 7.10. The summed E-state index contributed by atoms with van der Waals surface area (Å²) >= 11 is 7.56. The fourth-order valence-electron chi connectivity index (χ4n) is 3.51. The fourth-order valence-corrected chi connectivity index (χ4v) is 4.65. The van der Waals surface area contributed by atoms with Gasteiger partial charge in [-0.15, -0.1) is 0 Å². The van der Waals surface area contributed by atoms with Crippen molar-refractivity contribution in [1.29, 1.82) is 0 Å². The summed E-state index contributed by atoms with van der Waals surface area (Å²) in [5.41, 5.74) is 1.93. The first-order valence-corrected chi connectivity index (χ1v) is 11.2. The van der Waals surface area contributed by atoms with E-state index in [9.17, 15) is 9.59 Å². The molecular formula is C22H23ClN4O2S. The van der Waals surface area contributed by atoms with Crippen molar-refractivity contribution in [1.82, 2.24) is 15.6 Å². The lowest BCUT2D eigenvalue weighted by molar-refractivity contribution is -0.139. The summed E-state index contributed by atoms with van der Waals surface area (Å²) in [7, 11) is 0. The van der Waals surface area contributed by atoms with Crippen LogP contribution >= 0.6 is 22.9 Å². The molecule has 2 N–H and O–H groups in total. The molecular weight excluding hydrogens is 420 g/mol. The Morgan fingerprint density at radius 1 is 1.03 bits per heavy atom. The lowest BCUT2D eigenvalue weighted by atomic mass is 9.97. The number of nitrogens with zero attached hydrogens (tertiary/aromatic N) is 2. The lowest BCUT2D eigenvalue weighted by Gasteiger charge is -2.31. The molecule has 30 heavy (non-hydrogen) atoms. The van der Waals surface area contributed by atoms with Crippen LogP contribution in [0.5, 0.6) is 0 Å². The molecule has 8 heteroatoms. The molecule has 6 nitrogen and oxygen atoms in total. The van der Waals surface area contributed by atoms with Gasteiger partial charge in [-0.05, 0) is 48.6 Å². The van der Waals surface area contributed by atoms with Crippen molar-refractivity contribution in [2.24, 2.45) is 5.92 Å².